The normalized spacial score (nSPS) is 22.3. The number of pyridine rings is 1. The van der Waals surface area contributed by atoms with Crippen LogP contribution in [0, 0.1) is 12.8 Å². The van der Waals surface area contributed by atoms with Crippen molar-refractivity contribution in [2.75, 3.05) is 31.7 Å². The van der Waals surface area contributed by atoms with Gasteiger partial charge in [0.1, 0.15) is 5.75 Å². The monoisotopic (exact) mass is 482 g/mol. The number of benzene rings is 1. The van der Waals surface area contributed by atoms with E-state index in [1.165, 1.54) is 0 Å². The fourth-order valence-electron chi connectivity index (χ4n) is 5.16. The Kier molecular flexibility index (Phi) is 5.83. The zero-order valence-electron chi connectivity index (χ0n) is 19.8. The van der Waals surface area contributed by atoms with Gasteiger partial charge in [0, 0.05) is 18.7 Å². The molecule has 2 aliphatic heterocycles. The maximum absolute atomic E-state index is 13.8. The van der Waals surface area contributed by atoms with E-state index < -0.39 is 9.84 Å². The van der Waals surface area contributed by atoms with Gasteiger partial charge in [0.15, 0.2) is 15.5 Å². The quantitative estimate of drug-likeness (QED) is 0.563. The van der Waals surface area contributed by atoms with Crippen molar-refractivity contribution in [2.45, 2.75) is 39.2 Å². The second-order valence-electron chi connectivity index (χ2n) is 9.57. The molecule has 2 saturated heterocycles. The van der Waals surface area contributed by atoms with Crippen LogP contribution < -0.4 is 4.74 Å². The van der Waals surface area contributed by atoms with Gasteiger partial charge < -0.3 is 9.64 Å². The number of likely N-dealkylation sites (tertiary alicyclic amines) is 1. The van der Waals surface area contributed by atoms with E-state index in [1.54, 1.807) is 11.8 Å². The van der Waals surface area contributed by atoms with Crippen LogP contribution in [-0.4, -0.2) is 65.7 Å². The lowest BCUT2D eigenvalue weighted by molar-refractivity contribution is 0.0685. The summed E-state index contributed by atoms with van der Waals surface area (Å²) in [5.41, 5.74) is 3.36. The molecule has 2 aromatic heterocycles. The van der Waals surface area contributed by atoms with Gasteiger partial charge >= 0.3 is 0 Å². The molecule has 0 aliphatic carbocycles. The molecule has 0 spiro atoms. The molecule has 2 aliphatic rings. The molecule has 1 aromatic carbocycles. The minimum Gasteiger partial charge on any atom is -0.497 e. The maximum Gasteiger partial charge on any atom is 0.254 e. The number of rotatable bonds is 4. The molecule has 5 rings (SSSR count). The molecule has 0 N–H and O–H groups in total. The number of hydrogen-bond acceptors (Lipinski definition) is 6. The van der Waals surface area contributed by atoms with Crippen molar-refractivity contribution in [3.8, 4) is 17.0 Å². The average Bonchev–Trinajstić information content (AvgIpc) is 3.36. The Balaban J connectivity index is 1.68. The van der Waals surface area contributed by atoms with E-state index in [-0.39, 0.29) is 23.5 Å². The summed E-state index contributed by atoms with van der Waals surface area (Å²) in [4.78, 5) is 20.6. The third kappa shape index (κ3) is 4.17. The predicted molar refractivity (Wildman–Crippen MR) is 131 cm³/mol. The molecule has 4 heterocycles. The highest BCUT2D eigenvalue weighted by Gasteiger charge is 2.33. The van der Waals surface area contributed by atoms with Crippen LogP contribution in [-0.2, 0) is 9.84 Å². The largest absolute Gasteiger partial charge is 0.497 e. The first kappa shape index (κ1) is 22.8. The second-order valence-corrected chi connectivity index (χ2v) is 11.8. The minimum atomic E-state index is -3.10. The number of ether oxygens (including phenoxy) is 1. The number of piperidine rings is 1. The SMILES string of the molecule is COc1ccc(-c2cc(C(=O)N3CCC[C@H](C)C3)c3c(C)nn([C@@H]4CCS(=O)(=O)C4)c3n2)cc1. The average molecular weight is 483 g/mol. The van der Waals surface area contributed by atoms with Gasteiger partial charge in [-0.05, 0) is 62.4 Å². The number of carbonyl (C=O) groups is 1. The molecule has 8 nitrogen and oxygen atoms in total. The van der Waals surface area contributed by atoms with Crippen molar-refractivity contribution in [3.05, 3.63) is 41.6 Å². The fourth-order valence-corrected chi connectivity index (χ4v) is 6.85. The number of sulfone groups is 1. The molecule has 0 saturated carbocycles. The van der Waals surface area contributed by atoms with E-state index in [2.05, 4.69) is 6.92 Å². The first-order valence-electron chi connectivity index (χ1n) is 11.8. The zero-order valence-corrected chi connectivity index (χ0v) is 20.6. The lowest BCUT2D eigenvalue weighted by Gasteiger charge is -2.31. The third-order valence-electron chi connectivity index (χ3n) is 6.95. The summed E-state index contributed by atoms with van der Waals surface area (Å²) in [7, 11) is -1.48. The highest BCUT2D eigenvalue weighted by Crippen LogP contribution is 2.33. The van der Waals surface area contributed by atoms with Crippen LogP contribution in [0.5, 0.6) is 5.75 Å². The van der Waals surface area contributed by atoms with Crippen molar-refractivity contribution >= 4 is 26.8 Å². The number of methoxy groups -OCH3 is 1. The standard InChI is InChI=1S/C25H30N4O4S/c1-16-5-4-11-28(14-16)25(30)21-13-22(18-6-8-20(33-3)9-7-18)26-24-23(21)17(2)27-29(24)19-10-12-34(31,32)15-19/h6-9,13,16,19H,4-5,10-12,14-15H2,1-3H3/t16-,19+/m0/s1. The minimum absolute atomic E-state index is 0.0181. The fraction of sp³-hybridized carbons (Fsp3) is 0.480. The summed E-state index contributed by atoms with van der Waals surface area (Å²) in [6.07, 6.45) is 2.62. The van der Waals surface area contributed by atoms with Gasteiger partial charge in [0.25, 0.3) is 5.91 Å². The van der Waals surface area contributed by atoms with Crippen LogP contribution in [0.2, 0.25) is 0 Å². The van der Waals surface area contributed by atoms with Crippen LogP contribution in [0.3, 0.4) is 0 Å². The van der Waals surface area contributed by atoms with E-state index in [0.29, 0.717) is 40.3 Å². The molecular formula is C25H30N4O4S. The zero-order chi connectivity index (χ0) is 24.0. The Labute approximate surface area is 199 Å². The van der Waals surface area contributed by atoms with Gasteiger partial charge in [-0.15, -0.1) is 0 Å². The van der Waals surface area contributed by atoms with Gasteiger partial charge in [-0.25, -0.2) is 18.1 Å². The van der Waals surface area contributed by atoms with Crippen LogP contribution in [0.4, 0.5) is 0 Å². The van der Waals surface area contributed by atoms with Crippen molar-refractivity contribution in [3.63, 3.8) is 0 Å². The van der Waals surface area contributed by atoms with Crippen LogP contribution in [0.1, 0.15) is 48.3 Å². The summed E-state index contributed by atoms with van der Waals surface area (Å²) in [5, 5.41) is 5.41. The molecule has 1 amide bonds. The molecule has 0 radical (unpaired) electrons. The smallest absolute Gasteiger partial charge is 0.254 e. The van der Waals surface area contributed by atoms with E-state index >= 15 is 0 Å². The highest BCUT2D eigenvalue weighted by atomic mass is 32.2. The molecule has 2 fully saturated rings. The van der Waals surface area contributed by atoms with Gasteiger partial charge in [-0.2, -0.15) is 5.10 Å². The van der Waals surface area contributed by atoms with Crippen LogP contribution in [0.15, 0.2) is 30.3 Å². The molecule has 9 heteroatoms. The Morgan fingerprint density at radius 2 is 1.94 bits per heavy atom. The number of amides is 1. The van der Waals surface area contributed by atoms with Gasteiger partial charge in [-0.1, -0.05) is 6.92 Å². The number of aryl methyl sites for hydroxylation is 1. The molecule has 2 atom stereocenters. The van der Waals surface area contributed by atoms with Crippen LogP contribution in [0.25, 0.3) is 22.3 Å². The van der Waals surface area contributed by atoms with Crippen molar-refractivity contribution in [1.29, 1.82) is 0 Å². The van der Waals surface area contributed by atoms with Gasteiger partial charge in [0.05, 0.1) is 47.0 Å². The molecule has 0 unspecified atom stereocenters. The lowest BCUT2D eigenvalue weighted by atomic mass is 9.98. The van der Waals surface area contributed by atoms with E-state index in [0.717, 1.165) is 37.2 Å². The number of carbonyl (C=O) groups excluding carboxylic acids is 1. The maximum atomic E-state index is 13.8. The first-order valence-corrected chi connectivity index (χ1v) is 13.6. The van der Waals surface area contributed by atoms with E-state index in [4.69, 9.17) is 14.8 Å². The summed E-state index contributed by atoms with van der Waals surface area (Å²) >= 11 is 0. The first-order chi connectivity index (χ1) is 16.3. The Morgan fingerprint density at radius 1 is 1.18 bits per heavy atom. The third-order valence-corrected chi connectivity index (χ3v) is 8.70. The van der Waals surface area contributed by atoms with Crippen molar-refractivity contribution in [2.24, 2.45) is 5.92 Å². The Morgan fingerprint density at radius 3 is 2.59 bits per heavy atom. The predicted octanol–water partition coefficient (Wildman–Crippen LogP) is 3.65. The summed E-state index contributed by atoms with van der Waals surface area (Å²) in [6.45, 7) is 5.51. The van der Waals surface area contributed by atoms with Crippen molar-refractivity contribution < 1.29 is 17.9 Å². The molecule has 34 heavy (non-hydrogen) atoms. The van der Waals surface area contributed by atoms with E-state index in [9.17, 15) is 13.2 Å². The summed E-state index contributed by atoms with van der Waals surface area (Å²) < 4.78 is 31.4. The van der Waals surface area contributed by atoms with Crippen LogP contribution >= 0.6 is 0 Å². The molecule has 3 aromatic rings. The molecule has 180 valence electrons. The number of nitrogens with zero attached hydrogens (tertiary/aromatic N) is 4. The Bertz CT molecular complexity index is 1350. The van der Waals surface area contributed by atoms with Gasteiger partial charge in [0.2, 0.25) is 0 Å². The van der Waals surface area contributed by atoms with Gasteiger partial charge in [-0.3, -0.25) is 4.79 Å². The summed E-state index contributed by atoms with van der Waals surface area (Å²) in [5.74, 6) is 1.37. The lowest BCUT2D eigenvalue weighted by Crippen LogP contribution is -2.39. The highest BCUT2D eigenvalue weighted by molar-refractivity contribution is 7.91. The molecule has 0 bridgehead atoms. The Hall–Kier alpha value is -2.94. The number of fused-ring (bicyclic) bond motifs is 1. The van der Waals surface area contributed by atoms with E-state index in [1.807, 2.05) is 42.2 Å². The molecular weight excluding hydrogens is 452 g/mol. The topological polar surface area (TPSA) is 94.4 Å². The summed E-state index contributed by atoms with van der Waals surface area (Å²) in [6, 6.07) is 9.13. The number of aromatic nitrogens is 3. The second kappa shape index (κ2) is 8.69. The number of hydrogen-bond donors (Lipinski definition) is 0. The van der Waals surface area contributed by atoms with Crippen molar-refractivity contribution in [1.82, 2.24) is 19.7 Å².